The average molecular weight is 373 g/mol. The van der Waals surface area contributed by atoms with Crippen molar-refractivity contribution in [1.82, 2.24) is 9.80 Å². The highest BCUT2D eigenvalue weighted by molar-refractivity contribution is 5.88. The van der Waals surface area contributed by atoms with Gasteiger partial charge in [-0.05, 0) is 38.8 Å². The summed E-state index contributed by atoms with van der Waals surface area (Å²) in [5.74, 6) is 0.266. The molecule has 0 saturated carbocycles. The molecule has 1 amide bonds. The van der Waals surface area contributed by atoms with E-state index < -0.39 is 5.54 Å². The predicted molar refractivity (Wildman–Crippen MR) is 105 cm³/mol. The summed E-state index contributed by atoms with van der Waals surface area (Å²) in [5.41, 5.74) is 2.13. The standard InChI is InChI=1S/C22H32N2O3/c1-15-11-23(12-16(2)26-15)21(25)22(24-13-17(3)27-18(4)14-24)9-19-7-5-6-8-20(19)10-22/h5-8,15-18H,9-14H2,1-4H3/t15-,16+,17-,18+. The van der Waals surface area contributed by atoms with Crippen molar-refractivity contribution in [2.75, 3.05) is 26.2 Å². The summed E-state index contributed by atoms with van der Waals surface area (Å²) in [7, 11) is 0. The molecular formula is C22H32N2O3. The second-order valence-electron chi connectivity index (χ2n) is 8.78. The normalized spacial score (nSPS) is 33.7. The van der Waals surface area contributed by atoms with Crippen molar-refractivity contribution >= 4 is 5.91 Å². The minimum atomic E-state index is -0.493. The number of nitrogens with zero attached hydrogens (tertiary/aromatic N) is 2. The number of morpholine rings is 2. The van der Waals surface area contributed by atoms with Gasteiger partial charge in [0.25, 0.3) is 0 Å². The van der Waals surface area contributed by atoms with Gasteiger partial charge in [0, 0.05) is 39.0 Å². The number of ether oxygens (including phenoxy) is 2. The quantitative estimate of drug-likeness (QED) is 0.799. The SMILES string of the molecule is C[C@@H]1CN(C(=O)C2(N3C[C@@H](C)O[C@@H](C)C3)Cc3ccccc3C2)C[C@H](C)O1. The van der Waals surface area contributed by atoms with Crippen LogP contribution in [0.2, 0.25) is 0 Å². The Kier molecular flexibility index (Phi) is 5.04. The number of rotatable bonds is 2. The lowest BCUT2D eigenvalue weighted by Crippen LogP contribution is -2.66. The third-order valence-electron chi connectivity index (χ3n) is 6.21. The second-order valence-corrected chi connectivity index (χ2v) is 8.78. The van der Waals surface area contributed by atoms with Crippen LogP contribution in [0.4, 0.5) is 0 Å². The molecule has 0 N–H and O–H groups in total. The fourth-order valence-corrected chi connectivity index (χ4v) is 5.27. The molecule has 2 saturated heterocycles. The van der Waals surface area contributed by atoms with Crippen molar-refractivity contribution in [2.45, 2.75) is 70.5 Å². The van der Waals surface area contributed by atoms with Crippen LogP contribution in [0.15, 0.2) is 24.3 Å². The lowest BCUT2D eigenvalue weighted by Gasteiger charge is -2.49. The monoisotopic (exact) mass is 372 g/mol. The molecule has 1 aromatic rings. The Morgan fingerprint density at radius 1 is 0.852 bits per heavy atom. The van der Waals surface area contributed by atoms with Crippen LogP contribution < -0.4 is 0 Å². The number of carbonyl (C=O) groups excluding carboxylic acids is 1. The summed E-state index contributed by atoms with van der Waals surface area (Å²) in [6.45, 7) is 11.3. The minimum absolute atomic E-state index is 0.0843. The fraction of sp³-hybridized carbons (Fsp3) is 0.682. The van der Waals surface area contributed by atoms with Gasteiger partial charge in [-0.3, -0.25) is 9.69 Å². The topological polar surface area (TPSA) is 42.0 Å². The first-order chi connectivity index (χ1) is 12.9. The molecule has 1 aromatic carbocycles. The average Bonchev–Trinajstić information content (AvgIpc) is 3.00. The highest BCUT2D eigenvalue weighted by Gasteiger charge is 2.52. The van der Waals surface area contributed by atoms with Crippen molar-refractivity contribution in [3.05, 3.63) is 35.4 Å². The van der Waals surface area contributed by atoms with Gasteiger partial charge in [-0.15, -0.1) is 0 Å². The highest BCUT2D eigenvalue weighted by atomic mass is 16.5. The van der Waals surface area contributed by atoms with E-state index in [1.165, 1.54) is 11.1 Å². The van der Waals surface area contributed by atoms with Gasteiger partial charge in [0.2, 0.25) is 5.91 Å². The zero-order valence-electron chi connectivity index (χ0n) is 17.0. The van der Waals surface area contributed by atoms with Crippen LogP contribution in [0, 0.1) is 0 Å². The third-order valence-corrected chi connectivity index (χ3v) is 6.21. The van der Waals surface area contributed by atoms with Crippen LogP contribution in [-0.4, -0.2) is 71.8 Å². The van der Waals surface area contributed by atoms with E-state index >= 15 is 0 Å². The Bertz CT molecular complexity index is 662. The van der Waals surface area contributed by atoms with Crippen molar-refractivity contribution in [2.24, 2.45) is 0 Å². The Morgan fingerprint density at radius 3 is 1.78 bits per heavy atom. The zero-order valence-corrected chi connectivity index (χ0v) is 17.0. The number of amides is 1. The molecule has 1 aliphatic carbocycles. The molecule has 4 rings (SSSR count). The predicted octanol–water partition coefficient (Wildman–Crippen LogP) is 2.27. The zero-order chi connectivity index (χ0) is 19.2. The minimum Gasteiger partial charge on any atom is -0.373 e. The second kappa shape index (κ2) is 7.19. The van der Waals surface area contributed by atoms with Crippen LogP contribution in [0.5, 0.6) is 0 Å². The first-order valence-electron chi connectivity index (χ1n) is 10.3. The maximum Gasteiger partial charge on any atom is 0.243 e. The van der Waals surface area contributed by atoms with Gasteiger partial charge < -0.3 is 14.4 Å². The Labute approximate surface area is 162 Å². The van der Waals surface area contributed by atoms with Crippen LogP contribution in [0.3, 0.4) is 0 Å². The first kappa shape index (κ1) is 18.9. The van der Waals surface area contributed by atoms with E-state index in [0.29, 0.717) is 13.1 Å². The molecule has 2 aliphatic heterocycles. The van der Waals surface area contributed by atoms with E-state index in [0.717, 1.165) is 25.9 Å². The Morgan fingerprint density at radius 2 is 1.30 bits per heavy atom. The maximum atomic E-state index is 14.0. The van der Waals surface area contributed by atoms with E-state index in [9.17, 15) is 4.79 Å². The molecule has 5 heteroatoms. The molecule has 2 heterocycles. The molecule has 0 radical (unpaired) electrons. The molecule has 0 spiro atoms. The van der Waals surface area contributed by atoms with E-state index in [-0.39, 0.29) is 30.3 Å². The van der Waals surface area contributed by atoms with Gasteiger partial charge in [-0.2, -0.15) is 0 Å². The summed E-state index contributed by atoms with van der Waals surface area (Å²) in [6, 6.07) is 8.54. The van der Waals surface area contributed by atoms with Crippen LogP contribution in [0.1, 0.15) is 38.8 Å². The Balaban J connectivity index is 1.68. The van der Waals surface area contributed by atoms with Gasteiger partial charge >= 0.3 is 0 Å². The smallest absolute Gasteiger partial charge is 0.243 e. The number of carbonyl (C=O) groups is 1. The number of hydrogen-bond acceptors (Lipinski definition) is 4. The maximum absolute atomic E-state index is 14.0. The molecule has 2 fully saturated rings. The van der Waals surface area contributed by atoms with Crippen molar-refractivity contribution in [1.29, 1.82) is 0 Å². The molecule has 27 heavy (non-hydrogen) atoms. The van der Waals surface area contributed by atoms with Gasteiger partial charge in [-0.25, -0.2) is 0 Å². The number of hydrogen-bond donors (Lipinski definition) is 0. The molecule has 5 nitrogen and oxygen atoms in total. The highest BCUT2D eigenvalue weighted by Crippen LogP contribution is 2.38. The van der Waals surface area contributed by atoms with E-state index in [4.69, 9.17) is 9.47 Å². The lowest BCUT2D eigenvalue weighted by molar-refractivity contribution is -0.164. The summed E-state index contributed by atoms with van der Waals surface area (Å²) in [6.07, 6.45) is 2.04. The molecular weight excluding hydrogens is 340 g/mol. The molecule has 0 bridgehead atoms. The van der Waals surface area contributed by atoms with E-state index in [1.54, 1.807) is 0 Å². The summed E-state index contributed by atoms with van der Waals surface area (Å²) in [5, 5.41) is 0. The van der Waals surface area contributed by atoms with Crippen molar-refractivity contribution in [3.63, 3.8) is 0 Å². The fourth-order valence-electron chi connectivity index (χ4n) is 5.27. The lowest BCUT2D eigenvalue weighted by atomic mass is 9.89. The first-order valence-corrected chi connectivity index (χ1v) is 10.3. The van der Waals surface area contributed by atoms with Crippen LogP contribution in [-0.2, 0) is 27.1 Å². The Hall–Kier alpha value is -1.43. The largest absolute Gasteiger partial charge is 0.373 e. The van der Waals surface area contributed by atoms with Gasteiger partial charge in [-0.1, -0.05) is 24.3 Å². The summed E-state index contributed by atoms with van der Waals surface area (Å²) < 4.78 is 11.8. The number of fused-ring (bicyclic) bond motifs is 1. The third kappa shape index (κ3) is 3.53. The summed E-state index contributed by atoms with van der Waals surface area (Å²) >= 11 is 0. The summed E-state index contributed by atoms with van der Waals surface area (Å²) in [4.78, 5) is 18.4. The molecule has 4 atom stereocenters. The molecule has 0 unspecified atom stereocenters. The van der Waals surface area contributed by atoms with Crippen LogP contribution >= 0.6 is 0 Å². The molecule has 0 aromatic heterocycles. The van der Waals surface area contributed by atoms with Crippen LogP contribution in [0.25, 0.3) is 0 Å². The number of benzene rings is 1. The molecule has 148 valence electrons. The van der Waals surface area contributed by atoms with E-state index in [2.05, 4.69) is 61.8 Å². The van der Waals surface area contributed by atoms with Crippen molar-refractivity contribution in [3.8, 4) is 0 Å². The van der Waals surface area contributed by atoms with E-state index in [1.807, 2.05) is 0 Å². The van der Waals surface area contributed by atoms with Gasteiger partial charge in [0.1, 0.15) is 5.54 Å². The molecule has 3 aliphatic rings. The van der Waals surface area contributed by atoms with Crippen molar-refractivity contribution < 1.29 is 14.3 Å². The van der Waals surface area contributed by atoms with Gasteiger partial charge in [0.05, 0.1) is 24.4 Å². The van der Waals surface area contributed by atoms with Gasteiger partial charge in [0.15, 0.2) is 0 Å².